The number of halogens is 1. The van der Waals surface area contributed by atoms with E-state index in [1.807, 2.05) is 12.1 Å². The lowest BCUT2D eigenvalue weighted by atomic mass is 10.1. The Morgan fingerprint density at radius 1 is 1.39 bits per heavy atom. The number of hydrogen-bond donors (Lipinski definition) is 1. The average molecular weight is 311 g/mol. The van der Waals surface area contributed by atoms with Gasteiger partial charge in [0.1, 0.15) is 17.7 Å². The van der Waals surface area contributed by atoms with Crippen LogP contribution in [0.4, 0.5) is 16.2 Å². The van der Waals surface area contributed by atoms with Gasteiger partial charge in [-0.2, -0.15) is 10.2 Å². The number of nitrogen functional groups attached to an aromatic ring is 1. The van der Waals surface area contributed by atoms with Gasteiger partial charge in [0.2, 0.25) is 5.95 Å². The monoisotopic (exact) mass is 311 g/mol. The summed E-state index contributed by atoms with van der Waals surface area (Å²) in [4.78, 5) is 10.8. The molecule has 0 bridgehead atoms. The molecule has 1 atom stereocenters. The number of aromatic nitrogens is 2. The maximum Gasteiger partial charge on any atom is 0.222 e. The highest BCUT2D eigenvalue weighted by Gasteiger charge is 2.25. The topological polar surface area (TPSA) is 78.8 Å². The normalized spacial score (nSPS) is 17.3. The first-order valence-corrected chi connectivity index (χ1v) is 7.73. The van der Waals surface area contributed by atoms with E-state index in [0.29, 0.717) is 17.3 Å². The van der Waals surface area contributed by atoms with Crippen molar-refractivity contribution in [1.29, 1.82) is 5.26 Å². The van der Waals surface area contributed by atoms with Gasteiger partial charge in [-0.15, -0.1) is 0 Å². The maximum absolute atomic E-state index is 13.8. The Labute approximate surface area is 134 Å². The molecule has 0 saturated carbocycles. The Morgan fingerprint density at radius 2 is 2.22 bits per heavy atom. The van der Waals surface area contributed by atoms with Crippen molar-refractivity contribution in [1.82, 2.24) is 9.97 Å². The van der Waals surface area contributed by atoms with Gasteiger partial charge in [-0.25, -0.2) is 9.37 Å². The highest BCUT2D eigenvalue weighted by molar-refractivity contribution is 5.65. The summed E-state index contributed by atoms with van der Waals surface area (Å²) < 4.78 is 13.8. The minimum Gasteiger partial charge on any atom is -0.368 e. The molecule has 0 spiro atoms. The molecular weight excluding hydrogens is 293 g/mol. The lowest BCUT2D eigenvalue weighted by molar-refractivity contribution is 0.624. The van der Waals surface area contributed by atoms with Crippen molar-refractivity contribution in [2.24, 2.45) is 0 Å². The Balaban J connectivity index is 2.01. The van der Waals surface area contributed by atoms with Crippen LogP contribution in [-0.2, 0) is 0 Å². The van der Waals surface area contributed by atoms with Crippen LogP contribution in [-0.4, -0.2) is 22.6 Å². The number of nitrogens with zero attached hydrogens (tertiary/aromatic N) is 4. The summed E-state index contributed by atoms with van der Waals surface area (Å²) in [5, 5.41) is 8.83. The van der Waals surface area contributed by atoms with Gasteiger partial charge in [0, 0.05) is 24.2 Å². The molecule has 2 aromatic rings. The van der Waals surface area contributed by atoms with Crippen molar-refractivity contribution in [2.75, 3.05) is 17.2 Å². The third-order valence-electron chi connectivity index (χ3n) is 4.26. The second-order valence-electron chi connectivity index (χ2n) is 5.67. The zero-order valence-electron chi connectivity index (χ0n) is 13.0. The van der Waals surface area contributed by atoms with Gasteiger partial charge in [-0.05, 0) is 31.4 Å². The minimum atomic E-state index is -0.559. The van der Waals surface area contributed by atoms with E-state index in [0.717, 1.165) is 31.6 Å². The van der Waals surface area contributed by atoms with Gasteiger partial charge in [0.25, 0.3) is 0 Å². The molecule has 1 aromatic heterocycles. The van der Waals surface area contributed by atoms with E-state index in [9.17, 15) is 4.39 Å². The quantitative estimate of drug-likeness (QED) is 0.942. The van der Waals surface area contributed by atoms with E-state index in [-0.39, 0.29) is 11.5 Å². The van der Waals surface area contributed by atoms with Crippen LogP contribution in [0, 0.1) is 17.1 Å². The Bertz CT molecular complexity index is 768. The summed E-state index contributed by atoms with van der Waals surface area (Å²) in [6.45, 7) is 3.10. The van der Waals surface area contributed by atoms with Gasteiger partial charge in [0.15, 0.2) is 0 Å². The molecule has 5 nitrogen and oxygen atoms in total. The molecular formula is C17H18FN5. The molecule has 1 aromatic carbocycles. The summed E-state index contributed by atoms with van der Waals surface area (Å²) in [7, 11) is 0. The standard InChI is InChI=1S/C17H18FN5/c1-2-13-4-3-7-23(13)16-9-15(21-17(20)22-16)11-5-6-12(10-19)14(18)8-11/h5-6,8-9,13H,2-4,7H2,1H3,(H2,20,21,22)/t13-/m1/s1. The Kier molecular flexibility index (Phi) is 4.11. The molecule has 2 heterocycles. The number of nitrogens with two attached hydrogens (primary N) is 1. The molecule has 1 aliphatic heterocycles. The highest BCUT2D eigenvalue weighted by atomic mass is 19.1. The third kappa shape index (κ3) is 2.95. The maximum atomic E-state index is 13.8. The predicted octanol–water partition coefficient (Wildman–Crippen LogP) is 3.12. The molecule has 1 saturated heterocycles. The fraction of sp³-hybridized carbons (Fsp3) is 0.353. The molecule has 6 heteroatoms. The molecule has 1 fully saturated rings. The molecule has 2 N–H and O–H groups in total. The van der Waals surface area contributed by atoms with Gasteiger partial charge < -0.3 is 10.6 Å². The summed E-state index contributed by atoms with van der Waals surface area (Å²) in [6.07, 6.45) is 3.31. The van der Waals surface area contributed by atoms with Crippen molar-refractivity contribution < 1.29 is 4.39 Å². The van der Waals surface area contributed by atoms with Crippen LogP contribution < -0.4 is 10.6 Å². The van der Waals surface area contributed by atoms with Crippen LogP contribution in [0.2, 0.25) is 0 Å². The minimum absolute atomic E-state index is 0.0154. The van der Waals surface area contributed by atoms with Crippen molar-refractivity contribution in [2.45, 2.75) is 32.2 Å². The smallest absolute Gasteiger partial charge is 0.222 e. The fourth-order valence-corrected chi connectivity index (χ4v) is 3.07. The predicted molar refractivity (Wildman–Crippen MR) is 87.2 cm³/mol. The van der Waals surface area contributed by atoms with Crippen LogP contribution >= 0.6 is 0 Å². The number of benzene rings is 1. The molecule has 0 radical (unpaired) electrons. The number of nitriles is 1. The van der Waals surface area contributed by atoms with Gasteiger partial charge in [0.05, 0.1) is 11.3 Å². The van der Waals surface area contributed by atoms with Gasteiger partial charge in [-0.1, -0.05) is 13.0 Å². The van der Waals surface area contributed by atoms with E-state index in [1.54, 1.807) is 6.07 Å². The van der Waals surface area contributed by atoms with Crippen molar-refractivity contribution in [3.8, 4) is 17.3 Å². The second kappa shape index (κ2) is 6.21. The average Bonchev–Trinajstić information content (AvgIpc) is 3.03. The first kappa shape index (κ1) is 15.2. The van der Waals surface area contributed by atoms with E-state index in [1.165, 1.54) is 12.1 Å². The van der Waals surface area contributed by atoms with Crippen molar-refractivity contribution in [3.05, 3.63) is 35.6 Å². The molecule has 1 aliphatic rings. The second-order valence-corrected chi connectivity index (χ2v) is 5.67. The van der Waals surface area contributed by atoms with Crippen LogP contribution in [0.3, 0.4) is 0 Å². The van der Waals surface area contributed by atoms with Crippen molar-refractivity contribution >= 4 is 11.8 Å². The summed E-state index contributed by atoms with van der Waals surface area (Å²) in [5.41, 5.74) is 7.02. The summed E-state index contributed by atoms with van der Waals surface area (Å²) >= 11 is 0. The lowest BCUT2D eigenvalue weighted by Crippen LogP contribution is -2.29. The van der Waals surface area contributed by atoms with Gasteiger partial charge in [-0.3, -0.25) is 0 Å². The van der Waals surface area contributed by atoms with Crippen molar-refractivity contribution in [3.63, 3.8) is 0 Å². The molecule has 23 heavy (non-hydrogen) atoms. The molecule has 3 rings (SSSR count). The van der Waals surface area contributed by atoms with E-state index in [2.05, 4.69) is 21.8 Å². The zero-order valence-corrected chi connectivity index (χ0v) is 13.0. The number of hydrogen-bond acceptors (Lipinski definition) is 5. The molecule has 0 aliphatic carbocycles. The third-order valence-corrected chi connectivity index (χ3v) is 4.26. The van der Waals surface area contributed by atoms with E-state index >= 15 is 0 Å². The Hall–Kier alpha value is -2.68. The van der Waals surface area contributed by atoms with E-state index < -0.39 is 5.82 Å². The summed E-state index contributed by atoms with van der Waals surface area (Å²) in [5.74, 6) is 0.391. The number of rotatable bonds is 3. The van der Waals surface area contributed by atoms with Crippen LogP contribution in [0.1, 0.15) is 31.7 Å². The highest BCUT2D eigenvalue weighted by Crippen LogP contribution is 2.29. The van der Waals surface area contributed by atoms with Crippen LogP contribution in [0.25, 0.3) is 11.3 Å². The largest absolute Gasteiger partial charge is 0.368 e. The first-order chi connectivity index (χ1) is 11.1. The van der Waals surface area contributed by atoms with Crippen LogP contribution in [0.5, 0.6) is 0 Å². The fourth-order valence-electron chi connectivity index (χ4n) is 3.07. The number of anilines is 2. The van der Waals surface area contributed by atoms with Crippen LogP contribution in [0.15, 0.2) is 24.3 Å². The van der Waals surface area contributed by atoms with E-state index in [4.69, 9.17) is 11.0 Å². The molecule has 0 amide bonds. The SMILES string of the molecule is CC[C@@H]1CCCN1c1cc(-c2ccc(C#N)c(F)c2)nc(N)n1. The molecule has 118 valence electrons. The molecule has 0 unspecified atom stereocenters. The van der Waals surface area contributed by atoms with Gasteiger partial charge >= 0.3 is 0 Å². The zero-order chi connectivity index (χ0) is 16.4. The Morgan fingerprint density at radius 3 is 2.91 bits per heavy atom. The summed E-state index contributed by atoms with van der Waals surface area (Å²) in [6, 6.07) is 8.54. The first-order valence-electron chi connectivity index (χ1n) is 7.73. The lowest BCUT2D eigenvalue weighted by Gasteiger charge is -2.25.